The number of nitrogens with one attached hydrogen (secondary N) is 1. The number of carbonyl (C=O) groups is 1. The average Bonchev–Trinajstić information content (AvgIpc) is 3.05. The lowest BCUT2D eigenvalue weighted by Gasteiger charge is -2.15. The van der Waals surface area contributed by atoms with Crippen LogP contribution < -0.4 is 0 Å². The SMILES string of the molecule is CCc1cccc2c(CC(=O)N3CC[C@@H](O)C3)c[nH]c12. The van der Waals surface area contributed by atoms with Crippen LogP contribution in [0.15, 0.2) is 24.4 Å². The zero-order chi connectivity index (χ0) is 14.1. The Bertz CT molecular complexity index is 632. The van der Waals surface area contributed by atoms with Crippen LogP contribution in [-0.2, 0) is 17.6 Å². The lowest BCUT2D eigenvalue weighted by molar-refractivity contribution is -0.129. The van der Waals surface area contributed by atoms with E-state index in [4.69, 9.17) is 0 Å². The van der Waals surface area contributed by atoms with E-state index in [1.165, 1.54) is 5.56 Å². The molecule has 0 aliphatic carbocycles. The maximum atomic E-state index is 12.3. The molecule has 20 heavy (non-hydrogen) atoms. The molecule has 106 valence electrons. The van der Waals surface area contributed by atoms with Gasteiger partial charge in [-0.05, 0) is 24.0 Å². The Hall–Kier alpha value is -1.81. The third kappa shape index (κ3) is 2.31. The Morgan fingerprint density at radius 1 is 1.45 bits per heavy atom. The summed E-state index contributed by atoms with van der Waals surface area (Å²) in [5.74, 6) is 0.101. The number of rotatable bonds is 3. The van der Waals surface area contributed by atoms with Gasteiger partial charge in [-0.25, -0.2) is 0 Å². The number of H-pyrrole nitrogens is 1. The van der Waals surface area contributed by atoms with Gasteiger partial charge in [0.25, 0.3) is 0 Å². The van der Waals surface area contributed by atoms with Crippen LogP contribution in [0, 0.1) is 0 Å². The van der Waals surface area contributed by atoms with Crippen LogP contribution in [-0.4, -0.2) is 40.1 Å². The summed E-state index contributed by atoms with van der Waals surface area (Å²) in [6.07, 6.45) is 3.66. The molecule has 0 radical (unpaired) electrons. The molecule has 1 aromatic carbocycles. The van der Waals surface area contributed by atoms with E-state index in [-0.39, 0.29) is 12.0 Å². The molecule has 0 unspecified atom stereocenters. The molecule has 2 aromatic rings. The smallest absolute Gasteiger partial charge is 0.227 e. The number of aliphatic hydroxyl groups excluding tert-OH is 1. The van der Waals surface area contributed by atoms with Crippen molar-refractivity contribution >= 4 is 16.8 Å². The number of hydrogen-bond acceptors (Lipinski definition) is 2. The third-order valence-electron chi connectivity index (χ3n) is 4.13. The van der Waals surface area contributed by atoms with Crippen LogP contribution in [0.3, 0.4) is 0 Å². The second-order valence-electron chi connectivity index (χ2n) is 5.47. The Morgan fingerprint density at radius 3 is 3.00 bits per heavy atom. The van der Waals surface area contributed by atoms with Gasteiger partial charge in [0, 0.05) is 30.2 Å². The minimum Gasteiger partial charge on any atom is -0.391 e. The fourth-order valence-electron chi connectivity index (χ4n) is 2.96. The van der Waals surface area contributed by atoms with Crippen molar-refractivity contribution in [1.29, 1.82) is 0 Å². The van der Waals surface area contributed by atoms with Gasteiger partial charge in [0.1, 0.15) is 0 Å². The van der Waals surface area contributed by atoms with Crippen LogP contribution in [0.5, 0.6) is 0 Å². The van der Waals surface area contributed by atoms with Gasteiger partial charge < -0.3 is 15.0 Å². The summed E-state index contributed by atoms with van der Waals surface area (Å²) in [5.41, 5.74) is 3.46. The zero-order valence-electron chi connectivity index (χ0n) is 11.7. The molecule has 1 saturated heterocycles. The Balaban J connectivity index is 1.83. The molecule has 1 atom stereocenters. The monoisotopic (exact) mass is 272 g/mol. The molecule has 2 N–H and O–H groups in total. The Kier molecular flexibility index (Phi) is 3.49. The molecule has 4 heteroatoms. The summed E-state index contributed by atoms with van der Waals surface area (Å²) in [6, 6.07) is 6.22. The second-order valence-corrected chi connectivity index (χ2v) is 5.47. The quantitative estimate of drug-likeness (QED) is 0.896. The number of aliphatic hydroxyl groups is 1. The van der Waals surface area contributed by atoms with Gasteiger partial charge in [0.15, 0.2) is 0 Å². The summed E-state index contributed by atoms with van der Waals surface area (Å²) in [4.78, 5) is 17.3. The van der Waals surface area contributed by atoms with Crippen molar-refractivity contribution in [1.82, 2.24) is 9.88 Å². The Labute approximate surface area is 118 Å². The fourth-order valence-corrected chi connectivity index (χ4v) is 2.96. The van der Waals surface area contributed by atoms with E-state index >= 15 is 0 Å². The standard InChI is InChI=1S/C16H20N2O2/c1-2-11-4-3-5-14-12(9-17-16(11)14)8-15(20)18-7-6-13(19)10-18/h3-5,9,13,17,19H,2,6-8,10H2,1H3/t13-/m1/s1. The number of aryl methyl sites for hydroxylation is 1. The highest BCUT2D eigenvalue weighted by Gasteiger charge is 2.25. The highest BCUT2D eigenvalue weighted by Crippen LogP contribution is 2.23. The van der Waals surface area contributed by atoms with Gasteiger partial charge >= 0.3 is 0 Å². The van der Waals surface area contributed by atoms with Gasteiger partial charge in [-0.2, -0.15) is 0 Å². The van der Waals surface area contributed by atoms with Gasteiger partial charge in [0.2, 0.25) is 5.91 Å². The molecule has 1 amide bonds. The van der Waals surface area contributed by atoms with E-state index in [1.807, 2.05) is 12.3 Å². The highest BCUT2D eigenvalue weighted by molar-refractivity contribution is 5.90. The van der Waals surface area contributed by atoms with E-state index < -0.39 is 0 Å². The van der Waals surface area contributed by atoms with Crippen LogP contribution in [0.2, 0.25) is 0 Å². The van der Waals surface area contributed by atoms with Crippen LogP contribution in [0.25, 0.3) is 10.9 Å². The first-order valence-electron chi connectivity index (χ1n) is 7.22. The molecule has 0 bridgehead atoms. The van der Waals surface area contributed by atoms with Crippen LogP contribution >= 0.6 is 0 Å². The molecule has 3 rings (SSSR count). The zero-order valence-corrected chi connectivity index (χ0v) is 11.7. The van der Waals surface area contributed by atoms with Crippen LogP contribution in [0.4, 0.5) is 0 Å². The van der Waals surface area contributed by atoms with Crippen molar-refractivity contribution in [2.75, 3.05) is 13.1 Å². The molecule has 1 aliphatic heterocycles. The van der Waals surface area contributed by atoms with Crippen LogP contribution in [0.1, 0.15) is 24.5 Å². The van der Waals surface area contributed by atoms with E-state index in [1.54, 1.807) is 4.90 Å². The molecule has 0 spiro atoms. The maximum absolute atomic E-state index is 12.3. The molecular formula is C16H20N2O2. The summed E-state index contributed by atoms with van der Waals surface area (Å²) in [5, 5.41) is 10.7. The summed E-state index contributed by atoms with van der Waals surface area (Å²) >= 11 is 0. The molecule has 1 aliphatic rings. The van der Waals surface area contributed by atoms with E-state index in [9.17, 15) is 9.90 Å². The molecule has 2 heterocycles. The molecule has 1 fully saturated rings. The number of β-amino-alcohol motifs (C(OH)–C–C–N with tert-alkyl or cyclic N) is 1. The van der Waals surface area contributed by atoms with Crippen molar-refractivity contribution in [2.24, 2.45) is 0 Å². The minimum absolute atomic E-state index is 0.101. The van der Waals surface area contributed by atoms with Gasteiger partial charge in [-0.15, -0.1) is 0 Å². The summed E-state index contributed by atoms with van der Waals surface area (Å²) in [7, 11) is 0. The summed E-state index contributed by atoms with van der Waals surface area (Å²) in [6.45, 7) is 3.27. The molecule has 1 aromatic heterocycles. The van der Waals surface area contributed by atoms with Gasteiger partial charge in [-0.1, -0.05) is 25.1 Å². The normalized spacial score (nSPS) is 18.9. The molecule has 0 saturated carbocycles. The average molecular weight is 272 g/mol. The predicted molar refractivity (Wildman–Crippen MR) is 78.6 cm³/mol. The van der Waals surface area contributed by atoms with E-state index in [2.05, 4.69) is 24.0 Å². The van der Waals surface area contributed by atoms with Crippen molar-refractivity contribution in [3.63, 3.8) is 0 Å². The van der Waals surface area contributed by atoms with Crippen molar-refractivity contribution in [3.8, 4) is 0 Å². The number of fused-ring (bicyclic) bond motifs is 1. The maximum Gasteiger partial charge on any atom is 0.227 e. The summed E-state index contributed by atoms with van der Waals surface area (Å²) < 4.78 is 0. The predicted octanol–water partition coefficient (Wildman–Crippen LogP) is 1.87. The number of hydrogen-bond donors (Lipinski definition) is 2. The molecular weight excluding hydrogens is 252 g/mol. The van der Waals surface area contributed by atoms with Crippen molar-refractivity contribution in [3.05, 3.63) is 35.5 Å². The highest BCUT2D eigenvalue weighted by atomic mass is 16.3. The number of carbonyl (C=O) groups excluding carboxylic acids is 1. The second kappa shape index (κ2) is 5.29. The van der Waals surface area contributed by atoms with E-state index in [0.29, 0.717) is 25.9 Å². The third-order valence-corrected chi connectivity index (χ3v) is 4.13. The topological polar surface area (TPSA) is 56.3 Å². The van der Waals surface area contributed by atoms with E-state index in [0.717, 1.165) is 22.9 Å². The largest absolute Gasteiger partial charge is 0.391 e. The number of amides is 1. The number of benzene rings is 1. The first-order valence-corrected chi connectivity index (χ1v) is 7.22. The number of aromatic amines is 1. The lowest BCUT2D eigenvalue weighted by atomic mass is 10.1. The minimum atomic E-state index is -0.353. The molecule has 4 nitrogen and oxygen atoms in total. The lowest BCUT2D eigenvalue weighted by Crippen LogP contribution is -2.30. The number of nitrogens with zero attached hydrogens (tertiary/aromatic N) is 1. The number of para-hydroxylation sites is 1. The van der Waals surface area contributed by atoms with Gasteiger partial charge in [-0.3, -0.25) is 4.79 Å². The fraction of sp³-hybridized carbons (Fsp3) is 0.438. The van der Waals surface area contributed by atoms with Crippen molar-refractivity contribution in [2.45, 2.75) is 32.3 Å². The first-order chi connectivity index (χ1) is 9.69. The Morgan fingerprint density at radius 2 is 2.30 bits per heavy atom. The van der Waals surface area contributed by atoms with Gasteiger partial charge in [0.05, 0.1) is 12.5 Å². The van der Waals surface area contributed by atoms with Crippen molar-refractivity contribution < 1.29 is 9.90 Å². The number of aromatic nitrogens is 1. The number of likely N-dealkylation sites (tertiary alicyclic amines) is 1. The first kappa shape index (κ1) is 13.2.